The number of ether oxygens (including phenoxy) is 1. The van der Waals surface area contributed by atoms with E-state index in [-0.39, 0.29) is 18.0 Å². The number of carbonyl (C=O) groups excluding carboxylic acids is 1. The topological polar surface area (TPSA) is 73.8 Å². The molecule has 2 aromatic heterocycles. The molecule has 4 aromatic rings. The smallest absolute Gasteiger partial charge is 0.338 e. The minimum atomic E-state index is -0.717. The van der Waals surface area contributed by atoms with Crippen molar-refractivity contribution < 1.29 is 18.3 Å². The van der Waals surface area contributed by atoms with E-state index in [1.54, 1.807) is 68.5 Å². The van der Waals surface area contributed by atoms with Gasteiger partial charge in [0.15, 0.2) is 4.80 Å². The normalized spacial score (nSPS) is 15.6. The largest absolute Gasteiger partial charge is 0.463 e. The number of allylic oxidation sites excluding steroid dienone is 1. The average Bonchev–Trinajstić information content (AvgIpc) is 3.44. The van der Waals surface area contributed by atoms with Gasteiger partial charge in [0.25, 0.3) is 5.56 Å². The minimum Gasteiger partial charge on any atom is -0.463 e. The minimum absolute atomic E-state index is 0.197. The molecule has 9 heteroatoms. The first-order valence-corrected chi connectivity index (χ1v) is 12.4. The number of halogens is 2. The molecule has 0 fully saturated rings. The molecule has 0 aliphatic carbocycles. The molecule has 0 amide bonds. The molecule has 0 saturated heterocycles. The monoisotopic (exact) mass is 522 g/mol. The molecule has 0 N–H and O–H groups in total. The predicted molar refractivity (Wildman–Crippen MR) is 136 cm³/mol. The van der Waals surface area contributed by atoms with Crippen LogP contribution in [-0.4, -0.2) is 17.1 Å². The number of nitrogens with zero attached hydrogens (tertiary/aromatic N) is 2. The molecule has 6 nitrogen and oxygen atoms in total. The number of hydrogen-bond acceptors (Lipinski definition) is 6. The zero-order chi connectivity index (χ0) is 25.4. The van der Waals surface area contributed by atoms with Gasteiger partial charge in [-0.05, 0) is 67.9 Å². The second-order valence-corrected chi connectivity index (χ2v) is 9.51. The zero-order valence-corrected chi connectivity index (χ0v) is 20.9. The summed E-state index contributed by atoms with van der Waals surface area (Å²) in [6.07, 6.45) is 1.64. The van der Waals surface area contributed by atoms with E-state index in [1.807, 2.05) is 0 Å². The maximum absolute atomic E-state index is 13.6. The van der Waals surface area contributed by atoms with E-state index < -0.39 is 12.0 Å². The van der Waals surface area contributed by atoms with Crippen LogP contribution in [0.5, 0.6) is 0 Å². The highest BCUT2D eigenvalue weighted by Gasteiger charge is 2.33. The van der Waals surface area contributed by atoms with E-state index in [1.165, 1.54) is 28.0 Å². The number of furan rings is 1. The van der Waals surface area contributed by atoms with Crippen LogP contribution in [0, 0.1) is 5.82 Å². The summed E-state index contributed by atoms with van der Waals surface area (Å²) in [6, 6.07) is 15.7. The van der Waals surface area contributed by atoms with Gasteiger partial charge < -0.3 is 9.15 Å². The van der Waals surface area contributed by atoms with Crippen molar-refractivity contribution in [2.24, 2.45) is 4.99 Å². The van der Waals surface area contributed by atoms with Crippen molar-refractivity contribution in [1.29, 1.82) is 0 Å². The van der Waals surface area contributed by atoms with E-state index in [4.69, 9.17) is 20.8 Å². The number of carbonyl (C=O) groups is 1. The van der Waals surface area contributed by atoms with Crippen LogP contribution in [0.3, 0.4) is 0 Å². The van der Waals surface area contributed by atoms with Crippen LogP contribution in [0.15, 0.2) is 86.1 Å². The Labute approximate surface area is 214 Å². The predicted octanol–water partition coefficient (Wildman–Crippen LogP) is 4.85. The molecular weight excluding hydrogens is 503 g/mol. The summed E-state index contributed by atoms with van der Waals surface area (Å²) in [5, 5.41) is 0.541. The van der Waals surface area contributed by atoms with E-state index in [0.717, 1.165) is 5.56 Å². The number of aromatic nitrogens is 1. The number of benzene rings is 2. The van der Waals surface area contributed by atoms with Gasteiger partial charge in [-0.25, -0.2) is 14.2 Å². The number of esters is 1. The lowest BCUT2D eigenvalue weighted by atomic mass is 9.96. The zero-order valence-electron chi connectivity index (χ0n) is 19.3. The van der Waals surface area contributed by atoms with Crippen LogP contribution in [0.4, 0.5) is 4.39 Å². The van der Waals surface area contributed by atoms with E-state index in [9.17, 15) is 14.0 Å². The Kier molecular flexibility index (Phi) is 6.47. The number of hydrogen-bond donors (Lipinski definition) is 0. The van der Waals surface area contributed by atoms with Gasteiger partial charge in [-0.3, -0.25) is 9.36 Å². The van der Waals surface area contributed by atoms with Crippen LogP contribution in [0.2, 0.25) is 5.02 Å². The van der Waals surface area contributed by atoms with Gasteiger partial charge in [-0.2, -0.15) is 0 Å². The van der Waals surface area contributed by atoms with E-state index >= 15 is 0 Å². The fourth-order valence-electron chi connectivity index (χ4n) is 4.08. The van der Waals surface area contributed by atoms with Gasteiger partial charge in [0.1, 0.15) is 17.3 Å². The maximum Gasteiger partial charge on any atom is 0.338 e. The van der Waals surface area contributed by atoms with Gasteiger partial charge in [0.2, 0.25) is 0 Å². The van der Waals surface area contributed by atoms with Crippen LogP contribution >= 0.6 is 22.9 Å². The fourth-order valence-corrected chi connectivity index (χ4v) is 5.23. The molecule has 5 rings (SSSR count). The SMILES string of the molecule is CCOC(=O)C1=C(C)N=c2s/c(=C\c3ccc(-c4ccc(F)cc4)o3)c(=O)n2[C@H]1c1ccc(Cl)cc1. The first kappa shape index (κ1) is 24.0. The van der Waals surface area contributed by atoms with Gasteiger partial charge in [-0.1, -0.05) is 35.1 Å². The molecule has 1 atom stereocenters. The summed E-state index contributed by atoms with van der Waals surface area (Å²) in [5.74, 6) is 0.153. The Balaban J connectivity index is 1.63. The fraction of sp³-hybridized carbons (Fsp3) is 0.148. The molecule has 0 saturated carbocycles. The summed E-state index contributed by atoms with van der Waals surface area (Å²) in [5.41, 5.74) is 1.90. The highest BCUT2D eigenvalue weighted by atomic mass is 35.5. The number of thiazole rings is 1. The van der Waals surface area contributed by atoms with Crippen molar-refractivity contribution in [1.82, 2.24) is 4.57 Å². The summed E-state index contributed by atoms with van der Waals surface area (Å²) < 4.78 is 26.3. The Morgan fingerprint density at radius 2 is 1.89 bits per heavy atom. The van der Waals surface area contributed by atoms with Crippen molar-refractivity contribution in [3.63, 3.8) is 0 Å². The van der Waals surface area contributed by atoms with Crippen LogP contribution in [0.1, 0.15) is 31.2 Å². The summed E-state index contributed by atoms with van der Waals surface area (Å²) >= 11 is 7.29. The highest BCUT2D eigenvalue weighted by molar-refractivity contribution is 7.07. The molecular formula is C27H20ClFN2O4S. The van der Waals surface area contributed by atoms with E-state index in [2.05, 4.69) is 4.99 Å². The molecule has 0 bridgehead atoms. The van der Waals surface area contributed by atoms with Gasteiger partial charge >= 0.3 is 5.97 Å². The molecule has 1 aliphatic heterocycles. The Bertz CT molecular complexity index is 1660. The van der Waals surface area contributed by atoms with Crippen molar-refractivity contribution in [3.8, 4) is 11.3 Å². The van der Waals surface area contributed by atoms with Crippen molar-refractivity contribution in [2.45, 2.75) is 19.9 Å². The van der Waals surface area contributed by atoms with Gasteiger partial charge in [0.05, 0.1) is 28.5 Å². The van der Waals surface area contributed by atoms with Crippen molar-refractivity contribution in [3.05, 3.63) is 114 Å². The van der Waals surface area contributed by atoms with Gasteiger partial charge in [0, 0.05) is 16.7 Å². The molecule has 0 radical (unpaired) electrons. The van der Waals surface area contributed by atoms with Crippen molar-refractivity contribution >= 4 is 35.0 Å². The van der Waals surface area contributed by atoms with Crippen LogP contribution < -0.4 is 14.9 Å². The second kappa shape index (κ2) is 9.72. The molecule has 1 aliphatic rings. The average molecular weight is 523 g/mol. The highest BCUT2D eigenvalue weighted by Crippen LogP contribution is 2.31. The quantitative estimate of drug-likeness (QED) is 0.351. The summed E-state index contributed by atoms with van der Waals surface area (Å²) in [6.45, 7) is 3.65. The first-order valence-electron chi connectivity index (χ1n) is 11.2. The molecule has 182 valence electrons. The third kappa shape index (κ3) is 4.45. The van der Waals surface area contributed by atoms with Gasteiger partial charge in [-0.15, -0.1) is 0 Å². The second-order valence-electron chi connectivity index (χ2n) is 8.06. The van der Waals surface area contributed by atoms with Crippen LogP contribution in [-0.2, 0) is 9.53 Å². The Hall–Kier alpha value is -3.75. The Morgan fingerprint density at radius 1 is 1.17 bits per heavy atom. The maximum atomic E-state index is 13.6. The lowest BCUT2D eigenvalue weighted by Crippen LogP contribution is -2.39. The molecule has 36 heavy (non-hydrogen) atoms. The summed E-state index contributed by atoms with van der Waals surface area (Å²) in [7, 11) is 0. The van der Waals surface area contributed by atoms with Crippen molar-refractivity contribution in [2.75, 3.05) is 6.61 Å². The standard InChI is InChI=1S/C27H20ClFN2O4S/c1-3-34-26(33)23-15(2)30-27-31(24(23)17-4-8-18(28)9-5-17)25(32)22(36-27)14-20-12-13-21(35-20)16-6-10-19(29)11-7-16/h4-14,24H,3H2,1-2H3/b22-14-/t24-/m0/s1. The van der Waals surface area contributed by atoms with E-state index in [0.29, 0.717) is 42.7 Å². The number of rotatable bonds is 5. The molecule has 0 spiro atoms. The molecule has 2 aromatic carbocycles. The van der Waals surface area contributed by atoms with Crippen LogP contribution in [0.25, 0.3) is 17.4 Å². The lowest BCUT2D eigenvalue weighted by Gasteiger charge is -2.24. The molecule has 3 heterocycles. The Morgan fingerprint density at radius 3 is 2.58 bits per heavy atom. The third-order valence-corrected chi connectivity index (χ3v) is 6.97. The lowest BCUT2D eigenvalue weighted by molar-refractivity contribution is -0.139. The summed E-state index contributed by atoms with van der Waals surface area (Å²) in [4.78, 5) is 31.5. The first-order chi connectivity index (χ1) is 17.4. The molecule has 0 unspecified atom stereocenters. The number of fused-ring (bicyclic) bond motifs is 1. The third-order valence-electron chi connectivity index (χ3n) is 5.73.